The molecule has 0 bridgehead atoms. The summed E-state index contributed by atoms with van der Waals surface area (Å²) in [6.45, 7) is 5.88. The molecule has 0 fully saturated rings. The maximum Gasteiger partial charge on any atom is 0.240 e. The summed E-state index contributed by atoms with van der Waals surface area (Å²) < 4.78 is 28.8. The molecule has 1 amide bonds. The van der Waals surface area contributed by atoms with E-state index in [0.29, 0.717) is 10.0 Å². The normalized spacial score (nSPS) is 11.5. The van der Waals surface area contributed by atoms with E-state index in [-0.39, 0.29) is 30.3 Å². The molecule has 0 atom stereocenters. The summed E-state index contributed by atoms with van der Waals surface area (Å²) in [5, 5.41) is 8.27. The van der Waals surface area contributed by atoms with Crippen molar-refractivity contribution < 1.29 is 13.2 Å². The molecule has 0 saturated heterocycles. The lowest BCUT2D eigenvalue weighted by molar-refractivity contribution is -0.120. The molecule has 170 valence electrons. The molecule has 0 radical (unpaired) electrons. The van der Waals surface area contributed by atoms with Crippen LogP contribution in [0.4, 0.5) is 0 Å². The number of hydrogen-bond acceptors (Lipinski definition) is 4. The second-order valence-electron chi connectivity index (χ2n) is 7.38. The van der Waals surface area contributed by atoms with Crippen molar-refractivity contribution in [3.05, 3.63) is 75.0 Å². The third-order valence-electron chi connectivity index (χ3n) is 5.02. The van der Waals surface area contributed by atoms with Gasteiger partial charge in [0.15, 0.2) is 0 Å². The van der Waals surface area contributed by atoms with Crippen LogP contribution in [0.5, 0.6) is 0 Å². The van der Waals surface area contributed by atoms with Crippen LogP contribution in [-0.2, 0) is 21.2 Å². The van der Waals surface area contributed by atoms with Gasteiger partial charge in [0.2, 0.25) is 15.9 Å². The molecule has 7 nitrogen and oxygen atoms in total. The number of rotatable bonds is 8. The topological polar surface area (TPSA) is 93.1 Å². The zero-order valence-corrected chi connectivity index (χ0v) is 20.3. The predicted molar refractivity (Wildman–Crippen MR) is 126 cm³/mol. The van der Waals surface area contributed by atoms with Gasteiger partial charge in [0.05, 0.1) is 22.7 Å². The fourth-order valence-electron chi connectivity index (χ4n) is 3.22. The van der Waals surface area contributed by atoms with Gasteiger partial charge in [-0.1, -0.05) is 35.3 Å². The Hall–Kier alpha value is -2.39. The van der Waals surface area contributed by atoms with Crippen LogP contribution >= 0.6 is 23.2 Å². The summed E-state index contributed by atoms with van der Waals surface area (Å²) in [5.74, 6) is -0.223. The molecule has 1 aromatic heterocycles. The Labute approximate surface area is 197 Å². The van der Waals surface area contributed by atoms with E-state index in [1.807, 2.05) is 39.0 Å². The first-order valence-electron chi connectivity index (χ1n) is 9.92. The first kappa shape index (κ1) is 24.3. The minimum absolute atomic E-state index is 0.0552. The van der Waals surface area contributed by atoms with Gasteiger partial charge in [-0.2, -0.15) is 5.10 Å². The largest absolute Gasteiger partial charge is 0.354 e. The Balaban J connectivity index is 1.58. The average molecular weight is 495 g/mol. The molecule has 2 N–H and O–H groups in total. The lowest BCUT2D eigenvalue weighted by Crippen LogP contribution is -2.35. The molecule has 0 saturated carbocycles. The highest BCUT2D eigenvalue weighted by molar-refractivity contribution is 7.89. The fraction of sp³-hybridized carbons (Fsp3) is 0.273. The summed E-state index contributed by atoms with van der Waals surface area (Å²) in [7, 11) is -3.70. The number of halogens is 2. The Morgan fingerprint density at radius 1 is 1.06 bits per heavy atom. The van der Waals surface area contributed by atoms with Crippen LogP contribution in [0.3, 0.4) is 0 Å². The van der Waals surface area contributed by atoms with Gasteiger partial charge in [0.25, 0.3) is 0 Å². The lowest BCUT2D eigenvalue weighted by atomic mass is 10.1. The van der Waals surface area contributed by atoms with Crippen molar-refractivity contribution in [1.29, 1.82) is 0 Å². The molecule has 10 heteroatoms. The number of carbonyl (C=O) groups is 1. The van der Waals surface area contributed by atoms with E-state index in [1.165, 1.54) is 12.1 Å². The molecule has 1 heterocycles. The van der Waals surface area contributed by atoms with Crippen molar-refractivity contribution in [2.45, 2.75) is 32.1 Å². The van der Waals surface area contributed by atoms with E-state index in [9.17, 15) is 13.2 Å². The molecule has 32 heavy (non-hydrogen) atoms. The number of nitrogens with one attached hydrogen (secondary N) is 2. The first-order chi connectivity index (χ1) is 15.1. The molecule has 0 spiro atoms. The van der Waals surface area contributed by atoms with Crippen LogP contribution in [-0.4, -0.2) is 37.2 Å². The number of amides is 1. The molecule has 3 rings (SSSR count). The van der Waals surface area contributed by atoms with Crippen molar-refractivity contribution in [1.82, 2.24) is 19.8 Å². The molecular weight excluding hydrogens is 471 g/mol. The van der Waals surface area contributed by atoms with Gasteiger partial charge in [0, 0.05) is 34.4 Å². The van der Waals surface area contributed by atoms with Gasteiger partial charge in [-0.25, -0.2) is 17.8 Å². The Morgan fingerprint density at radius 3 is 2.50 bits per heavy atom. The van der Waals surface area contributed by atoms with Crippen LogP contribution in [0.25, 0.3) is 5.69 Å². The van der Waals surface area contributed by atoms with Crippen molar-refractivity contribution in [2.24, 2.45) is 0 Å². The quantitative estimate of drug-likeness (QED) is 0.466. The average Bonchev–Trinajstić information content (AvgIpc) is 3.01. The predicted octanol–water partition coefficient (Wildman–Crippen LogP) is 3.74. The number of aryl methyl sites for hydroxylation is 2. The van der Waals surface area contributed by atoms with Crippen molar-refractivity contribution in [3.8, 4) is 5.69 Å². The third kappa shape index (κ3) is 5.69. The van der Waals surface area contributed by atoms with E-state index < -0.39 is 10.0 Å². The number of benzene rings is 2. The van der Waals surface area contributed by atoms with Gasteiger partial charge < -0.3 is 5.32 Å². The van der Waals surface area contributed by atoms with Crippen LogP contribution < -0.4 is 10.0 Å². The second-order valence-corrected chi connectivity index (χ2v) is 9.99. The Bertz CT molecular complexity index is 1260. The molecule has 2 aromatic carbocycles. The molecule has 0 unspecified atom stereocenters. The number of hydrogen-bond donors (Lipinski definition) is 2. The summed E-state index contributed by atoms with van der Waals surface area (Å²) in [6, 6.07) is 11.7. The summed E-state index contributed by atoms with van der Waals surface area (Å²) in [5.41, 5.74) is 4.21. The van der Waals surface area contributed by atoms with E-state index in [1.54, 1.807) is 16.8 Å². The maximum absolute atomic E-state index is 12.4. The van der Waals surface area contributed by atoms with E-state index >= 15 is 0 Å². The van der Waals surface area contributed by atoms with E-state index in [0.717, 1.165) is 28.2 Å². The van der Waals surface area contributed by atoms with Gasteiger partial charge >= 0.3 is 0 Å². The van der Waals surface area contributed by atoms with Crippen molar-refractivity contribution in [3.63, 3.8) is 0 Å². The van der Waals surface area contributed by atoms with Gasteiger partial charge in [-0.05, 0) is 56.7 Å². The van der Waals surface area contributed by atoms with Crippen molar-refractivity contribution in [2.75, 3.05) is 13.1 Å². The number of aromatic nitrogens is 2. The van der Waals surface area contributed by atoms with Gasteiger partial charge in [0.1, 0.15) is 0 Å². The second kappa shape index (κ2) is 10.0. The van der Waals surface area contributed by atoms with Crippen molar-refractivity contribution >= 4 is 39.1 Å². The monoisotopic (exact) mass is 494 g/mol. The Morgan fingerprint density at radius 2 is 1.81 bits per heavy atom. The lowest BCUT2D eigenvalue weighted by Gasteiger charge is -2.09. The van der Waals surface area contributed by atoms with Crippen LogP contribution in [0, 0.1) is 20.8 Å². The highest BCUT2D eigenvalue weighted by Gasteiger charge is 2.17. The maximum atomic E-state index is 12.4. The zero-order valence-electron chi connectivity index (χ0n) is 17.9. The third-order valence-corrected chi connectivity index (χ3v) is 7.13. The summed E-state index contributed by atoms with van der Waals surface area (Å²) in [4.78, 5) is 12.5. The molecule has 3 aromatic rings. The van der Waals surface area contributed by atoms with Crippen LogP contribution in [0.1, 0.15) is 22.5 Å². The SMILES string of the molecule is Cc1ccc(-n2nc(C)c(CC(=O)NCCNS(=O)(=O)c3cccc(Cl)c3)c2C)cc1Cl. The molecule has 0 aliphatic heterocycles. The number of nitrogens with zero attached hydrogens (tertiary/aromatic N) is 2. The molecular formula is C22H24Cl2N4O3S. The van der Waals surface area contributed by atoms with Crippen LogP contribution in [0.2, 0.25) is 10.0 Å². The summed E-state index contributed by atoms with van der Waals surface area (Å²) in [6.07, 6.45) is 0.137. The first-order valence-corrected chi connectivity index (χ1v) is 12.2. The van der Waals surface area contributed by atoms with Gasteiger partial charge in [-0.15, -0.1) is 0 Å². The minimum Gasteiger partial charge on any atom is -0.354 e. The van der Waals surface area contributed by atoms with E-state index in [4.69, 9.17) is 23.2 Å². The highest BCUT2D eigenvalue weighted by atomic mass is 35.5. The minimum atomic E-state index is -3.70. The fourth-order valence-corrected chi connectivity index (χ4v) is 4.73. The van der Waals surface area contributed by atoms with Gasteiger partial charge in [-0.3, -0.25) is 4.79 Å². The summed E-state index contributed by atoms with van der Waals surface area (Å²) >= 11 is 12.1. The molecule has 0 aliphatic carbocycles. The van der Waals surface area contributed by atoms with E-state index in [2.05, 4.69) is 15.1 Å². The number of sulfonamides is 1. The smallest absolute Gasteiger partial charge is 0.240 e. The van der Waals surface area contributed by atoms with Crippen LogP contribution in [0.15, 0.2) is 47.4 Å². The standard InChI is InChI=1S/C22H24Cl2N4O3S/c1-14-7-8-18(12-21(14)24)28-16(3)20(15(2)27-28)13-22(29)25-9-10-26-32(30,31)19-6-4-5-17(23)11-19/h4-8,11-12,26H,9-10,13H2,1-3H3,(H,25,29). The number of carbonyl (C=O) groups excluding carboxylic acids is 1. The molecule has 0 aliphatic rings. The highest BCUT2D eigenvalue weighted by Crippen LogP contribution is 2.23. The zero-order chi connectivity index (χ0) is 23.5. The Kier molecular flexibility index (Phi) is 7.61.